The molecule has 0 spiro atoms. The first-order valence-corrected chi connectivity index (χ1v) is 9.65. The van der Waals surface area contributed by atoms with E-state index in [2.05, 4.69) is 22.2 Å². The molecule has 0 aromatic rings. The lowest BCUT2D eigenvalue weighted by molar-refractivity contribution is -0.114. The summed E-state index contributed by atoms with van der Waals surface area (Å²) in [5, 5.41) is 3.68. The van der Waals surface area contributed by atoms with Crippen molar-refractivity contribution in [2.45, 2.75) is 77.8 Å². The van der Waals surface area contributed by atoms with Crippen LogP contribution in [0.5, 0.6) is 0 Å². The molecular formula is C20H35N5O. The summed E-state index contributed by atoms with van der Waals surface area (Å²) in [6.07, 6.45) is 10.7. The van der Waals surface area contributed by atoms with Gasteiger partial charge in [-0.15, -0.1) is 0 Å². The Balaban J connectivity index is 3.10. The van der Waals surface area contributed by atoms with Crippen molar-refractivity contribution in [3.8, 4) is 0 Å². The number of carbonyl (C=O) groups is 1. The van der Waals surface area contributed by atoms with Crippen molar-refractivity contribution in [2.24, 2.45) is 21.5 Å². The number of carbonyl (C=O) groups excluding carboxylic acids is 1. The van der Waals surface area contributed by atoms with E-state index < -0.39 is 5.91 Å². The minimum atomic E-state index is -0.472. The van der Waals surface area contributed by atoms with Crippen LogP contribution in [0.2, 0.25) is 0 Å². The summed E-state index contributed by atoms with van der Waals surface area (Å²) in [7, 11) is 1.62. The fourth-order valence-corrected chi connectivity index (χ4v) is 3.34. The Bertz CT molecular complexity index is 589. The van der Waals surface area contributed by atoms with E-state index in [1.54, 1.807) is 7.05 Å². The Labute approximate surface area is 157 Å². The molecule has 0 unspecified atom stereocenters. The van der Waals surface area contributed by atoms with E-state index in [1.165, 1.54) is 32.0 Å². The second kappa shape index (κ2) is 11.6. The van der Waals surface area contributed by atoms with Gasteiger partial charge in [0.25, 0.3) is 0 Å². The summed E-state index contributed by atoms with van der Waals surface area (Å²) in [6, 6.07) is 0.844. The van der Waals surface area contributed by atoms with E-state index >= 15 is 0 Å². The first kappa shape index (κ1) is 22.1. The quantitative estimate of drug-likeness (QED) is 0.241. The molecule has 2 atom stereocenters. The van der Waals surface area contributed by atoms with Crippen molar-refractivity contribution in [1.29, 1.82) is 0 Å². The molecule has 1 fully saturated rings. The minimum Gasteiger partial charge on any atom is -0.383 e. The molecule has 6 heteroatoms. The predicted molar refractivity (Wildman–Crippen MR) is 110 cm³/mol. The third-order valence-corrected chi connectivity index (χ3v) is 4.78. The van der Waals surface area contributed by atoms with Crippen LogP contribution in [0.4, 0.5) is 0 Å². The zero-order valence-electron chi connectivity index (χ0n) is 16.7. The zero-order chi connectivity index (χ0) is 19.5. The highest BCUT2D eigenvalue weighted by Gasteiger charge is 2.25. The normalized spacial score (nSPS) is 22.8. The summed E-state index contributed by atoms with van der Waals surface area (Å²) in [5.74, 6) is -0.171. The maximum atomic E-state index is 12.1. The number of unbranched alkanes of at least 4 members (excludes halogenated alkanes) is 1. The van der Waals surface area contributed by atoms with Crippen molar-refractivity contribution in [1.82, 2.24) is 5.32 Å². The lowest BCUT2D eigenvalue weighted by Crippen LogP contribution is -2.30. The van der Waals surface area contributed by atoms with Crippen molar-refractivity contribution < 1.29 is 4.79 Å². The van der Waals surface area contributed by atoms with E-state index in [4.69, 9.17) is 11.5 Å². The Morgan fingerprint density at radius 3 is 2.54 bits per heavy atom. The molecule has 1 aliphatic rings. The number of amidine groups is 1. The molecule has 26 heavy (non-hydrogen) atoms. The highest BCUT2D eigenvalue weighted by molar-refractivity contribution is 6.09. The average Bonchev–Trinajstić information content (AvgIpc) is 3.09. The molecule has 0 bridgehead atoms. The number of aliphatic imine (C=N–C) groups is 2. The van der Waals surface area contributed by atoms with Gasteiger partial charge in [0, 0.05) is 30.3 Å². The predicted octanol–water partition coefficient (Wildman–Crippen LogP) is 2.84. The van der Waals surface area contributed by atoms with Gasteiger partial charge in [0.05, 0.1) is 0 Å². The van der Waals surface area contributed by atoms with Gasteiger partial charge < -0.3 is 16.8 Å². The second-order valence-electron chi connectivity index (χ2n) is 6.92. The number of hydrogen-bond acceptors (Lipinski definition) is 3. The molecule has 0 aromatic heterocycles. The molecule has 0 saturated carbocycles. The summed E-state index contributed by atoms with van der Waals surface area (Å²) < 4.78 is 0. The number of nitrogens with zero attached hydrogens (tertiary/aromatic N) is 2. The van der Waals surface area contributed by atoms with Crippen LogP contribution >= 0.6 is 0 Å². The summed E-state index contributed by atoms with van der Waals surface area (Å²) in [6.45, 7) is 6.30. The van der Waals surface area contributed by atoms with Crippen molar-refractivity contribution >= 4 is 18.1 Å². The molecule has 1 amide bonds. The van der Waals surface area contributed by atoms with Crippen LogP contribution in [0.25, 0.3) is 0 Å². The fraction of sp³-hybridized carbons (Fsp3) is 0.650. The number of rotatable bonds is 10. The molecule has 1 aliphatic heterocycles. The molecular weight excluding hydrogens is 326 g/mol. The van der Waals surface area contributed by atoms with Crippen molar-refractivity contribution in [3.63, 3.8) is 0 Å². The monoisotopic (exact) mass is 361 g/mol. The van der Waals surface area contributed by atoms with E-state index in [0.29, 0.717) is 29.4 Å². The fourth-order valence-electron chi connectivity index (χ4n) is 3.34. The van der Waals surface area contributed by atoms with Gasteiger partial charge in [0.2, 0.25) is 5.91 Å². The SMILES string of the molecule is CCCC[C@@H]1CC[C@H](/C(C)=C/C(C(N)=O)=C(\CCC)C(N)=NC=NC)N1. The molecule has 0 radical (unpaired) electrons. The number of nitrogens with two attached hydrogens (primary N) is 2. The largest absolute Gasteiger partial charge is 0.383 e. The standard InChI is InChI=1S/C20H35N5O/c1-5-7-9-15-10-11-18(25-15)14(3)12-17(20(22)26)16(8-6-2)19(21)24-13-23-4/h12-13,15,18,25H,5-11H2,1-4H3,(H2,22,26)(H2,21,23,24)/b14-12+,17-16-/t15-,18-/m1/s1. The van der Waals surface area contributed by atoms with E-state index in [1.807, 2.05) is 19.9 Å². The third-order valence-electron chi connectivity index (χ3n) is 4.78. The molecule has 1 heterocycles. The topological polar surface area (TPSA) is 106 Å². The average molecular weight is 362 g/mol. The second-order valence-corrected chi connectivity index (χ2v) is 6.92. The maximum Gasteiger partial charge on any atom is 0.249 e. The molecule has 146 valence electrons. The molecule has 6 nitrogen and oxygen atoms in total. The number of amides is 1. The first-order chi connectivity index (χ1) is 12.4. The van der Waals surface area contributed by atoms with Gasteiger partial charge in [-0.3, -0.25) is 9.79 Å². The van der Waals surface area contributed by atoms with Gasteiger partial charge in [-0.1, -0.05) is 38.7 Å². The first-order valence-electron chi connectivity index (χ1n) is 9.65. The molecule has 0 aromatic carbocycles. The Morgan fingerprint density at radius 2 is 1.96 bits per heavy atom. The summed E-state index contributed by atoms with van der Waals surface area (Å²) in [5.41, 5.74) is 14.0. The highest BCUT2D eigenvalue weighted by Crippen LogP contribution is 2.24. The molecule has 0 aliphatic carbocycles. The maximum absolute atomic E-state index is 12.1. The number of hydrogen-bond donors (Lipinski definition) is 3. The lowest BCUT2D eigenvalue weighted by atomic mass is 9.97. The highest BCUT2D eigenvalue weighted by atomic mass is 16.1. The summed E-state index contributed by atoms with van der Waals surface area (Å²) >= 11 is 0. The molecule has 5 N–H and O–H groups in total. The Morgan fingerprint density at radius 1 is 1.23 bits per heavy atom. The van der Waals surface area contributed by atoms with Crippen molar-refractivity contribution in [3.05, 3.63) is 22.8 Å². The van der Waals surface area contributed by atoms with Crippen LogP contribution in [0.15, 0.2) is 32.8 Å². The number of nitrogens with one attached hydrogen (secondary N) is 1. The smallest absolute Gasteiger partial charge is 0.249 e. The van der Waals surface area contributed by atoms with Crippen LogP contribution in [-0.4, -0.2) is 37.2 Å². The molecule has 1 saturated heterocycles. The minimum absolute atomic E-state index is 0.282. The van der Waals surface area contributed by atoms with Gasteiger partial charge in [-0.25, -0.2) is 4.99 Å². The zero-order valence-corrected chi connectivity index (χ0v) is 16.7. The van der Waals surface area contributed by atoms with E-state index in [-0.39, 0.29) is 6.04 Å². The third kappa shape index (κ3) is 6.75. The Kier molecular flexibility index (Phi) is 9.88. The Hall–Kier alpha value is -1.95. The van der Waals surface area contributed by atoms with Crippen LogP contribution < -0.4 is 16.8 Å². The lowest BCUT2D eigenvalue weighted by Gasteiger charge is -2.16. The summed E-state index contributed by atoms with van der Waals surface area (Å²) in [4.78, 5) is 20.0. The van der Waals surface area contributed by atoms with E-state index in [0.717, 1.165) is 18.4 Å². The molecule has 1 rings (SSSR count). The van der Waals surface area contributed by atoms with Crippen LogP contribution in [0.1, 0.15) is 65.7 Å². The van der Waals surface area contributed by atoms with Gasteiger partial charge in [0.1, 0.15) is 12.2 Å². The van der Waals surface area contributed by atoms with Gasteiger partial charge in [-0.2, -0.15) is 0 Å². The van der Waals surface area contributed by atoms with Crippen LogP contribution in [0, 0.1) is 0 Å². The van der Waals surface area contributed by atoms with Gasteiger partial charge >= 0.3 is 0 Å². The number of primary amides is 1. The van der Waals surface area contributed by atoms with Gasteiger partial charge in [0.15, 0.2) is 0 Å². The van der Waals surface area contributed by atoms with Crippen LogP contribution in [-0.2, 0) is 4.79 Å². The van der Waals surface area contributed by atoms with Gasteiger partial charge in [-0.05, 0) is 38.7 Å². The van der Waals surface area contributed by atoms with E-state index in [9.17, 15) is 4.79 Å². The van der Waals surface area contributed by atoms with Crippen molar-refractivity contribution in [2.75, 3.05) is 7.05 Å². The van der Waals surface area contributed by atoms with Crippen LogP contribution in [0.3, 0.4) is 0 Å².